The number of nitrogens with one attached hydrogen (secondary N) is 1. The molecule has 0 spiro atoms. The molecule has 1 aliphatic heterocycles. The van der Waals surface area contributed by atoms with Gasteiger partial charge in [-0.25, -0.2) is 14.1 Å². The van der Waals surface area contributed by atoms with E-state index in [0.717, 1.165) is 16.4 Å². The van der Waals surface area contributed by atoms with Crippen LogP contribution in [0.5, 0.6) is 0 Å². The van der Waals surface area contributed by atoms with Crippen LogP contribution < -0.4 is 10.6 Å². The minimum atomic E-state index is -1.10. The fourth-order valence-electron chi connectivity index (χ4n) is 5.53. The van der Waals surface area contributed by atoms with Crippen molar-refractivity contribution in [2.24, 2.45) is 16.6 Å². The monoisotopic (exact) mass is 570 g/mol. The molecule has 1 aliphatic carbocycles. The van der Waals surface area contributed by atoms with Gasteiger partial charge in [-0.3, -0.25) is 9.59 Å². The number of carbonyl (C=O) groups excluding carboxylic acids is 3. The number of amides is 4. The maximum Gasteiger partial charge on any atom is 0.355 e. The Bertz CT molecular complexity index is 1950. The first-order valence-corrected chi connectivity index (χ1v) is 13.2. The number of nitrogens with zero attached hydrogens (tertiary/aromatic N) is 2. The Balaban J connectivity index is 1.60. The van der Waals surface area contributed by atoms with Crippen LogP contribution in [0.3, 0.4) is 0 Å². The number of imide groups is 1. The molecule has 206 valence electrons. The molecule has 6 rings (SSSR count). The molecule has 0 radical (unpaired) electrons. The van der Waals surface area contributed by atoms with Crippen molar-refractivity contribution >= 4 is 62.7 Å². The van der Waals surface area contributed by atoms with Crippen LogP contribution in [-0.4, -0.2) is 33.6 Å². The fourth-order valence-corrected chi connectivity index (χ4v) is 5.84. The summed E-state index contributed by atoms with van der Waals surface area (Å²) >= 11 is 6.96. The zero-order chi connectivity index (χ0) is 29.4. The second kappa shape index (κ2) is 9.22. The zero-order valence-corrected chi connectivity index (χ0v) is 23.0. The molecule has 4 N–H and O–H groups in total. The van der Waals surface area contributed by atoms with Crippen LogP contribution in [0.15, 0.2) is 71.5 Å². The molecule has 8 nitrogen and oxygen atoms in total. The van der Waals surface area contributed by atoms with Crippen molar-refractivity contribution < 1.29 is 23.9 Å². The van der Waals surface area contributed by atoms with Crippen molar-refractivity contribution in [3.05, 3.63) is 88.2 Å². The number of hydrogen-bond donors (Lipinski definition) is 3. The normalized spacial score (nSPS) is 17.2. The van der Waals surface area contributed by atoms with Gasteiger partial charge in [0.2, 0.25) is 5.91 Å². The summed E-state index contributed by atoms with van der Waals surface area (Å²) in [6.07, 6.45) is 4.03. The van der Waals surface area contributed by atoms with E-state index in [9.17, 15) is 23.9 Å². The van der Waals surface area contributed by atoms with E-state index in [1.54, 1.807) is 38.1 Å². The van der Waals surface area contributed by atoms with E-state index in [-0.39, 0.29) is 22.0 Å². The van der Waals surface area contributed by atoms with E-state index in [4.69, 9.17) is 17.3 Å². The number of nitrogens with two attached hydrogens (primary N) is 1. The first-order chi connectivity index (χ1) is 19.4. The van der Waals surface area contributed by atoms with Gasteiger partial charge in [-0.1, -0.05) is 48.0 Å². The highest BCUT2D eigenvalue weighted by Gasteiger charge is 2.40. The molecule has 0 bridgehead atoms. The van der Waals surface area contributed by atoms with E-state index in [1.165, 1.54) is 18.2 Å². The van der Waals surface area contributed by atoms with E-state index in [0.29, 0.717) is 38.7 Å². The average Bonchev–Trinajstić information content (AvgIpc) is 3.28. The van der Waals surface area contributed by atoms with Gasteiger partial charge in [0, 0.05) is 21.9 Å². The fraction of sp³-hybridized carbons (Fsp3) is 0.161. The molecule has 41 heavy (non-hydrogen) atoms. The molecule has 10 heteroatoms. The summed E-state index contributed by atoms with van der Waals surface area (Å²) in [7, 11) is 0. The Morgan fingerprint density at radius 1 is 1.20 bits per heavy atom. The van der Waals surface area contributed by atoms with Gasteiger partial charge in [0.05, 0.1) is 33.1 Å². The average molecular weight is 571 g/mol. The predicted molar refractivity (Wildman–Crippen MR) is 157 cm³/mol. The summed E-state index contributed by atoms with van der Waals surface area (Å²) in [4.78, 5) is 46.9. The van der Waals surface area contributed by atoms with Crippen LogP contribution in [0.25, 0.3) is 32.9 Å². The van der Waals surface area contributed by atoms with Gasteiger partial charge in [0.25, 0.3) is 5.91 Å². The molecule has 0 saturated heterocycles. The Hall–Kier alpha value is -4.60. The van der Waals surface area contributed by atoms with Gasteiger partial charge in [-0.05, 0) is 61.7 Å². The quantitative estimate of drug-likeness (QED) is 0.269. The molecule has 2 aliphatic rings. The SMILES string of the molecule is Cc1cc(C(N)=O)c2[nH]c3cc(C(C)(C)O)ccc3c2c1-c1cccc(N2C(=O)N=C3C(F)=CC=CC3C2=O)c1Cl. The largest absolute Gasteiger partial charge is 0.386 e. The van der Waals surface area contributed by atoms with Gasteiger partial charge in [0.1, 0.15) is 11.7 Å². The lowest BCUT2D eigenvalue weighted by molar-refractivity contribution is -0.118. The first-order valence-electron chi connectivity index (χ1n) is 12.8. The van der Waals surface area contributed by atoms with Crippen molar-refractivity contribution in [1.82, 2.24) is 4.98 Å². The Morgan fingerprint density at radius 2 is 1.95 bits per heavy atom. The van der Waals surface area contributed by atoms with Crippen molar-refractivity contribution in [3.8, 4) is 11.1 Å². The Labute approximate surface area is 238 Å². The summed E-state index contributed by atoms with van der Waals surface area (Å²) in [5.41, 5.74) is 8.45. The number of carbonyl (C=O) groups is 3. The number of halogens is 2. The van der Waals surface area contributed by atoms with Crippen LogP contribution in [0.4, 0.5) is 14.9 Å². The third kappa shape index (κ3) is 4.08. The summed E-state index contributed by atoms with van der Waals surface area (Å²) in [6, 6.07) is 11.1. The van der Waals surface area contributed by atoms with Crippen molar-refractivity contribution in [3.63, 3.8) is 0 Å². The van der Waals surface area contributed by atoms with Crippen LogP contribution in [0, 0.1) is 12.8 Å². The lowest BCUT2D eigenvalue weighted by atomic mass is 9.90. The molecule has 1 atom stereocenters. The van der Waals surface area contributed by atoms with Gasteiger partial charge in [-0.15, -0.1) is 0 Å². The number of fused-ring (bicyclic) bond motifs is 4. The summed E-state index contributed by atoms with van der Waals surface area (Å²) in [5.74, 6) is -3.09. The Morgan fingerprint density at radius 3 is 2.66 bits per heavy atom. The third-order valence-corrected chi connectivity index (χ3v) is 7.91. The lowest BCUT2D eigenvalue weighted by Gasteiger charge is -2.29. The molecule has 1 unspecified atom stereocenters. The van der Waals surface area contributed by atoms with E-state index in [2.05, 4.69) is 9.98 Å². The maximum absolute atomic E-state index is 14.3. The lowest BCUT2D eigenvalue weighted by Crippen LogP contribution is -2.47. The third-order valence-electron chi connectivity index (χ3n) is 7.51. The highest BCUT2D eigenvalue weighted by Crippen LogP contribution is 2.45. The number of H-pyrrole nitrogens is 1. The molecule has 1 aromatic heterocycles. The molecule has 4 amide bonds. The second-order valence-electron chi connectivity index (χ2n) is 10.6. The standard InChI is InChI=1S/C31H24ClFN4O4/c1-14-12-19(28(34)38)27-24(16-11-10-15(31(2,3)41)13-21(16)35-27)23(14)17-6-5-9-22(25(17)32)37-29(39)18-7-4-8-20(33)26(18)36-30(37)40/h4-13,18,35,41H,1-3H3,(H2,34,38). The second-order valence-corrected chi connectivity index (χ2v) is 11.0. The van der Waals surface area contributed by atoms with E-state index < -0.39 is 35.2 Å². The highest BCUT2D eigenvalue weighted by atomic mass is 35.5. The summed E-state index contributed by atoms with van der Waals surface area (Å²) < 4.78 is 14.3. The first kappa shape index (κ1) is 26.6. The number of aromatic amines is 1. The Kier molecular flexibility index (Phi) is 5.99. The number of aromatic nitrogens is 1. The van der Waals surface area contributed by atoms with Crippen LogP contribution in [0.2, 0.25) is 5.02 Å². The molecule has 4 aromatic rings. The maximum atomic E-state index is 14.3. The van der Waals surface area contributed by atoms with E-state index >= 15 is 0 Å². The number of aliphatic hydroxyl groups is 1. The van der Waals surface area contributed by atoms with Crippen molar-refractivity contribution in [2.45, 2.75) is 26.4 Å². The van der Waals surface area contributed by atoms with Gasteiger partial charge >= 0.3 is 6.03 Å². The number of aryl methyl sites for hydroxylation is 1. The van der Waals surface area contributed by atoms with Crippen LogP contribution >= 0.6 is 11.6 Å². The van der Waals surface area contributed by atoms with Crippen LogP contribution in [0.1, 0.15) is 35.3 Å². The molecule has 2 heterocycles. The number of allylic oxidation sites excluding steroid dienone is 3. The smallest absolute Gasteiger partial charge is 0.355 e. The zero-order valence-electron chi connectivity index (χ0n) is 22.3. The number of hydrogen-bond acceptors (Lipinski definition) is 4. The number of aliphatic imine (C=N–C) groups is 1. The predicted octanol–water partition coefficient (Wildman–Crippen LogP) is 6.22. The number of urea groups is 1. The molecular weight excluding hydrogens is 547 g/mol. The van der Waals surface area contributed by atoms with Crippen molar-refractivity contribution in [1.29, 1.82) is 0 Å². The van der Waals surface area contributed by atoms with E-state index in [1.807, 2.05) is 19.1 Å². The topological polar surface area (TPSA) is 129 Å². The van der Waals surface area contributed by atoms with Gasteiger partial charge in [-0.2, -0.15) is 4.99 Å². The molecule has 0 saturated carbocycles. The highest BCUT2D eigenvalue weighted by molar-refractivity contribution is 6.40. The molecular formula is C31H24ClFN4O4. The minimum Gasteiger partial charge on any atom is -0.386 e. The van der Waals surface area contributed by atoms with Crippen molar-refractivity contribution in [2.75, 3.05) is 4.90 Å². The number of benzene rings is 3. The molecule has 0 fully saturated rings. The number of primary amides is 1. The van der Waals surface area contributed by atoms with Gasteiger partial charge in [0.15, 0.2) is 0 Å². The van der Waals surface area contributed by atoms with Gasteiger partial charge < -0.3 is 15.8 Å². The summed E-state index contributed by atoms with van der Waals surface area (Å²) in [6.45, 7) is 5.16. The number of rotatable bonds is 4. The summed E-state index contributed by atoms with van der Waals surface area (Å²) in [5, 5.41) is 12.1. The molecule has 3 aromatic carbocycles. The van der Waals surface area contributed by atoms with Crippen LogP contribution in [-0.2, 0) is 10.4 Å². The minimum absolute atomic E-state index is 0.0982. The number of anilines is 1.